The summed E-state index contributed by atoms with van der Waals surface area (Å²) in [5.41, 5.74) is 3.81. The van der Waals surface area contributed by atoms with Crippen molar-refractivity contribution in [2.24, 2.45) is 0 Å². The Hall–Kier alpha value is -3.34. The summed E-state index contributed by atoms with van der Waals surface area (Å²) in [6.45, 7) is 0. The van der Waals surface area contributed by atoms with Crippen molar-refractivity contribution in [1.29, 1.82) is 0 Å². The highest BCUT2D eigenvalue weighted by Gasteiger charge is 2.18. The molecule has 2 aromatic carbocycles. The molecule has 0 radical (unpaired) electrons. The highest BCUT2D eigenvalue weighted by molar-refractivity contribution is 9.10. The Morgan fingerprint density at radius 1 is 0.800 bits per heavy atom. The summed E-state index contributed by atoms with van der Waals surface area (Å²) in [4.78, 5) is 10.1. The lowest BCUT2D eigenvalue weighted by Gasteiger charge is -2.10. The summed E-state index contributed by atoms with van der Waals surface area (Å²) in [6.07, 6.45) is 2.19. The van der Waals surface area contributed by atoms with Gasteiger partial charge >= 0.3 is 0 Å². The largest absolute Gasteiger partial charge is 0.459 e. The highest BCUT2D eigenvalue weighted by Crippen LogP contribution is 2.33. The van der Waals surface area contributed by atoms with E-state index in [2.05, 4.69) is 64.3 Å². The van der Waals surface area contributed by atoms with Crippen molar-refractivity contribution in [3.05, 3.63) is 92.4 Å². The molecule has 0 atom stereocenters. The number of aromatic nitrogens is 4. The van der Waals surface area contributed by atoms with Crippen LogP contribution in [0.2, 0.25) is 0 Å². The zero-order valence-electron chi connectivity index (χ0n) is 17.8. The minimum absolute atomic E-state index is 0.334. The number of furan rings is 1. The smallest absolute Gasteiger partial charge is 0.293 e. The van der Waals surface area contributed by atoms with E-state index in [1.165, 1.54) is 0 Å². The molecule has 6 aromatic rings. The molecule has 0 fully saturated rings. The number of hydrogen-bond acceptors (Lipinski definition) is 8. The van der Waals surface area contributed by atoms with Crippen molar-refractivity contribution in [2.75, 3.05) is 0 Å². The predicted octanol–water partition coefficient (Wildman–Crippen LogP) is 7.89. The summed E-state index contributed by atoms with van der Waals surface area (Å²) < 4.78 is 18.2. The van der Waals surface area contributed by atoms with Crippen molar-refractivity contribution in [3.8, 4) is 45.2 Å². The van der Waals surface area contributed by atoms with Crippen LogP contribution in [0.1, 0.15) is 11.1 Å². The molecule has 0 amide bonds. The topological polar surface area (TPSA) is 91.0 Å². The first-order valence-electron chi connectivity index (χ1n) is 10.5. The van der Waals surface area contributed by atoms with E-state index < -0.39 is 0 Å². The van der Waals surface area contributed by atoms with Crippen LogP contribution >= 0.6 is 43.2 Å². The fraction of sp³-hybridized carbons (Fsp3) is 0.0400. The normalized spacial score (nSPS) is 11.3. The molecule has 0 aliphatic rings. The molecule has 0 saturated carbocycles. The number of nitrogens with zero attached hydrogens (tertiary/aromatic N) is 4. The average molecular weight is 610 g/mol. The number of rotatable bonds is 6. The monoisotopic (exact) mass is 608 g/mol. The van der Waals surface area contributed by atoms with Crippen LogP contribution in [-0.4, -0.2) is 20.3 Å². The number of hydrogen-bond donors (Lipinski definition) is 0. The summed E-state index contributed by atoms with van der Waals surface area (Å²) in [7, 11) is 0. The molecule has 172 valence electrons. The first kappa shape index (κ1) is 22.1. The average Bonchev–Trinajstić information content (AvgIpc) is 3.67. The Kier molecular flexibility index (Phi) is 5.93. The Morgan fingerprint density at radius 3 is 2.49 bits per heavy atom. The minimum Gasteiger partial charge on any atom is -0.459 e. The van der Waals surface area contributed by atoms with Gasteiger partial charge in [-0.3, -0.25) is 0 Å². The molecule has 0 unspecified atom stereocenters. The Labute approximate surface area is 220 Å². The SMILES string of the molecule is Brc1ccc(-c2noc(-c3ccco3)n2)c(Cc2cc(-c3noc(-c4cccs4)n3)ccc2Br)c1. The van der Waals surface area contributed by atoms with Crippen molar-refractivity contribution in [2.45, 2.75) is 6.42 Å². The van der Waals surface area contributed by atoms with E-state index in [-0.39, 0.29) is 0 Å². The van der Waals surface area contributed by atoms with E-state index >= 15 is 0 Å². The first-order chi connectivity index (χ1) is 17.1. The van der Waals surface area contributed by atoms with Crippen LogP contribution in [0.3, 0.4) is 0 Å². The number of benzene rings is 2. The number of halogens is 2. The van der Waals surface area contributed by atoms with Crippen molar-refractivity contribution < 1.29 is 13.5 Å². The predicted molar refractivity (Wildman–Crippen MR) is 139 cm³/mol. The van der Waals surface area contributed by atoms with Crippen LogP contribution in [0.5, 0.6) is 0 Å². The van der Waals surface area contributed by atoms with Gasteiger partial charge in [-0.05, 0) is 77.5 Å². The maximum absolute atomic E-state index is 5.47. The second-order valence-electron chi connectivity index (χ2n) is 7.59. The quantitative estimate of drug-likeness (QED) is 0.189. The Bertz CT molecular complexity index is 1610. The molecule has 0 aliphatic carbocycles. The van der Waals surface area contributed by atoms with Crippen LogP contribution in [0.25, 0.3) is 45.2 Å². The molecule has 0 bridgehead atoms. The van der Waals surface area contributed by atoms with E-state index in [4.69, 9.17) is 13.5 Å². The van der Waals surface area contributed by atoms with Gasteiger partial charge in [0.05, 0.1) is 11.1 Å². The third-order valence-corrected chi connectivity index (χ3v) is 7.43. The Balaban J connectivity index is 1.34. The van der Waals surface area contributed by atoms with Gasteiger partial charge < -0.3 is 13.5 Å². The summed E-state index contributed by atoms with van der Waals surface area (Å²) in [6, 6.07) is 19.5. The van der Waals surface area contributed by atoms with Gasteiger partial charge in [0.2, 0.25) is 11.6 Å². The van der Waals surface area contributed by atoms with E-state index in [1.807, 2.05) is 41.8 Å². The molecule has 4 aromatic heterocycles. The fourth-order valence-electron chi connectivity index (χ4n) is 3.66. The lowest BCUT2D eigenvalue weighted by Crippen LogP contribution is -1.96. The van der Waals surface area contributed by atoms with Crippen LogP contribution in [0, 0.1) is 0 Å². The molecular weight excluding hydrogens is 596 g/mol. The molecule has 4 heterocycles. The maximum atomic E-state index is 5.47. The van der Waals surface area contributed by atoms with Crippen LogP contribution in [-0.2, 0) is 6.42 Å². The lowest BCUT2D eigenvalue weighted by molar-refractivity contribution is 0.417. The molecule has 6 rings (SSSR count). The molecule has 0 N–H and O–H groups in total. The van der Waals surface area contributed by atoms with Crippen molar-refractivity contribution in [3.63, 3.8) is 0 Å². The minimum atomic E-state index is 0.334. The van der Waals surface area contributed by atoms with Gasteiger partial charge in [0.1, 0.15) is 0 Å². The molecule has 10 heteroatoms. The van der Waals surface area contributed by atoms with Crippen LogP contribution in [0.15, 0.2) is 94.7 Å². The molecule has 35 heavy (non-hydrogen) atoms. The summed E-state index contributed by atoms with van der Waals surface area (Å²) in [5.74, 6) is 2.40. The lowest BCUT2D eigenvalue weighted by atomic mass is 9.98. The highest BCUT2D eigenvalue weighted by atomic mass is 79.9. The van der Waals surface area contributed by atoms with Gasteiger partial charge in [-0.2, -0.15) is 9.97 Å². The van der Waals surface area contributed by atoms with Gasteiger partial charge in [-0.15, -0.1) is 11.3 Å². The molecule has 7 nitrogen and oxygen atoms in total. The zero-order valence-corrected chi connectivity index (χ0v) is 21.8. The molecule has 0 saturated heterocycles. The van der Waals surface area contributed by atoms with E-state index in [0.29, 0.717) is 35.6 Å². The van der Waals surface area contributed by atoms with E-state index in [1.54, 1.807) is 29.7 Å². The fourth-order valence-corrected chi connectivity index (χ4v) is 5.10. The van der Waals surface area contributed by atoms with Gasteiger partial charge in [0.25, 0.3) is 11.8 Å². The third kappa shape index (κ3) is 4.52. The van der Waals surface area contributed by atoms with Gasteiger partial charge in [0.15, 0.2) is 5.76 Å². The van der Waals surface area contributed by atoms with Crippen LogP contribution in [0.4, 0.5) is 0 Å². The second kappa shape index (κ2) is 9.37. The van der Waals surface area contributed by atoms with E-state index in [0.717, 1.165) is 36.1 Å². The maximum Gasteiger partial charge on any atom is 0.293 e. The zero-order chi connectivity index (χ0) is 23.8. The second-order valence-corrected chi connectivity index (χ2v) is 10.3. The van der Waals surface area contributed by atoms with Gasteiger partial charge in [-0.25, -0.2) is 0 Å². The Morgan fingerprint density at radius 2 is 1.66 bits per heavy atom. The molecule has 0 spiro atoms. The third-order valence-electron chi connectivity index (χ3n) is 5.31. The summed E-state index contributed by atoms with van der Waals surface area (Å²) >= 11 is 8.84. The van der Waals surface area contributed by atoms with Crippen LogP contribution < -0.4 is 0 Å². The summed E-state index contributed by atoms with van der Waals surface area (Å²) in [5, 5.41) is 10.3. The van der Waals surface area contributed by atoms with Gasteiger partial charge in [-0.1, -0.05) is 48.2 Å². The standard InChI is InChI=1S/C25H14Br2N4O3S/c26-17-6-7-18(23-29-24(33-31-23)20-3-1-9-32-20)15(13-17)12-16-11-14(5-8-19(16)27)22-28-25(34-30-22)21-4-2-10-35-21/h1-11,13H,12H2. The first-order valence-corrected chi connectivity index (χ1v) is 12.9. The number of thiophene rings is 1. The van der Waals surface area contributed by atoms with E-state index in [9.17, 15) is 0 Å². The molecule has 0 aliphatic heterocycles. The molecular formula is C25H14Br2N4O3S. The van der Waals surface area contributed by atoms with Gasteiger partial charge in [0, 0.05) is 20.1 Å². The van der Waals surface area contributed by atoms with Crippen molar-refractivity contribution in [1.82, 2.24) is 20.3 Å². The van der Waals surface area contributed by atoms with Crippen molar-refractivity contribution >= 4 is 43.2 Å².